The van der Waals surface area contributed by atoms with Gasteiger partial charge in [-0.2, -0.15) is 5.10 Å². The van der Waals surface area contributed by atoms with Crippen LogP contribution in [-0.4, -0.2) is 37.6 Å². The van der Waals surface area contributed by atoms with Gasteiger partial charge in [0.25, 0.3) is 0 Å². The molecule has 1 saturated heterocycles. The van der Waals surface area contributed by atoms with Gasteiger partial charge in [0, 0.05) is 37.2 Å². The van der Waals surface area contributed by atoms with Gasteiger partial charge in [-0.05, 0) is 32.0 Å². The van der Waals surface area contributed by atoms with E-state index >= 15 is 0 Å². The summed E-state index contributed by atoms with van der Waals surface area (Å²) in [7, 11) is 1.96. The summed E-state index contributed by atoms with van der Waals surface area (Å²) in [6, 6.07) is 2.04. The predicted octanol–water partition coefficient (Wildman–Crippen LogP) is 1.96. The zero-order chi connectivity index (χ0) is 15.4. The van der Waals surface area contributed by atoms with E-state index in [0.29, 0.717) is 5.92 Å². The van der Waals surface area contributed by atoms with Crippen molar-refractivity contribution >= 4 is 11.8 Å². The minimum atomic E-state index is 0.500. The van der Waals surface area contributed by atoms with Crippen LogP contribution in [0.4, 0.5) is 0 Å². The Morgan fingerprint density at radius 1 is 1.41 bits per heavy atom. The molecule has 3 heterocycles. The van der Waals surface area contributed by atoms with Crippen LogP contribution in [0.15, 0.2) is 30.1 Å². The van der Waals surface area contributed by atoms with Crippen LogP contribution in [0.1, 0.15) is 30.3 Å². The molecule has 118 valence electrons. The van der Waals surface area contributed by atoms with Gasteiger partial charge in [0.1, 0.15) is 5.82 Å². The lowest BCUT2D eigenvalue weighted by Gasteiger charge is -2.22. The molecule has 1 fully saturated rings. The first-order valence-corrected chi connectivity index (χ1v) is 8.62. The largest absolute Gasteiger partial charge is 0.317 e. The second-order valence-electron chi connectivity index (χ2n) is 5.50. The Kier molecular flexibility index (Phi) is 4.94. The van der Waals surface area contributed by atoms with Crippen molar-refractivity contribution in [2.75, 3.05) is 13.1 Å². The second kappa shape index (κ2) is 7.11. The predicted molar refractivity (Wildman–Crippen MR) is 87.8 cm³/mol. The fraction of sp³-hybridized carbons (Fsp3) is 0.533. The van der Waals surface area contributed by atoms with Gasteiger partial charge < -0.3 is 9.88 Å². The SMILES string of the molecule is C=CCn1c(SCc2ccnn2C)nnc1C1CCNCC1. The molecule has 22 heavy (non-hydrogen) atoms. The first-order valence-electron chi connectivity index (χ1n) is 7.64. The highest BCUT2D eigenvalue weighted by Crippen LogP contribution is 2.28. The molecule has 0 aliphatic carbocycles. The van der Waals surface area contributed by atoms with Crippen molar-refractivity contribution in [2.45, 2.75) is 36.2 Å². The van der Waals surface area contributed by atoms with Crippen LogP contribution < -0.4 is 5.32 Å². The summed E-state index contributed by atoms with van der Waals surface area (Å²) in [4.78, 5) is 0. The average molecular weight is 318 g/mol. The van der Waals surface area contributed by atoms with Gasteiger partial charge in [-0.3, -0.25) is 4.68 Å². The Hall–Kier alpha value is -1.60. The Morgan fingerprint density at radius 3 is 2.91 bits per heavy atom. The number of hydrogen-bond donors (Lipinski definition) is 1. The van der Waals surface area contributed by atoms with E-state index in [1.54, 1.807) is 11.8 Å². The standard InChI is InChI=1S/C15H22N6S/c1-3-10-21-14(12-4-7-16-8-5-12)18-19-15(21)22-11-13-6-9-17-20(13)2/h3,6,9,12,16H,1,4-5,7-8,10-11H2,2H3. The summed E-state index contributed by atoms with van der Waals surface area (Å²) in [6.45, 7) is 6.76. The molecule has 2 aromatic heterocycles. The maximum Gasteiger partial charge on any atom is 0.191 e. The molecular weight excluding hydrogens is 296 g/mol. The number of nitrogens with one attached hydrogen (secondary N) is 1. The Labute approximate surface area is 135 Å². The van der Waals surface area contributed by atoms with Crippen LogP contribution in [0.2, 0.25) is 0 Å². The number of rotatable bonds is 6. The van der Waals surface area contributed by atoms with Crippen LogP contribution in [0.5, 0.6) is 0 Å². The van der Waals surface area contributed by atoms with Crippen molar-refractivity contribution in [3.63, 3.8) is 0 Å². The molecular formula is C15H22N6S. The Bertz CT molecular complexity index is 626. The zero-order valence-electron chi connectivity index (χ0n) is 12.9. The third-order valence-electron chi connectivity index (χ3n) is 4.03. The second-order valence-corrected chi connectivity index (χ2v) is 6.44. The minimum Gasteiger partial charge on any atom is -0.317 e. The van der Waals surface area contributed by atoms with Gasteiger partial charge in [-0.1, -0.05) is 17.8 Å². The molecule has 0 spiro atoms. The topological polar surface area (TPSA) is 60.6 Å². The lowest BCUT2D eigenvalue weighted by molar-refractivity contribution is 0.431. The summed E-state index contributed by atoms with van der Waals surface area (Å²) in [5.41, 5.74) is 1.18. The monoisotopic (exact) mass is 318 g/mol. The molecule has 0 bridgehead atoms. The zero-order valence-corrected chi connectivity index (χ0v) is 13.7. The van der Waals surface area contributed by atoms with Gasteiger partial charge in [0.2, 0.25) is 0 Å². The number of thioether (sulfide) groups is 1. The summed E-state index contributed by atoms with van der Waals surface area (Å²) >= 11 is 1.71. The third kappa shape index (κ3) is 3.25. The van der Waals surface area contributed by atoms with Gasteiger partial charge in [0.05, 0.1) is 0 Å². The van der Waals surface area contributed by atoms with Crippen LogP contribution >= 0.6 is 11.8 Å². The van der Waals surface area contributed by atoms with E-state index in [4.69, 9.17) is 0 Å². The van der Waals surface area contributed by atoms with Crippen LogP contribution in [0.25, 0.3) is 0 Å². The Morgan fingerprint density at radius 2 is 2.23 bits per heavy atom. The first kappa shape index (κ1) is 15.3. The molecule has 0 unspecified atom stereocenters. The van der Waals surface area contributed by atoms with E-state index in [1.165, 1.54) is 5.69 Å². The maximum atomic E-state index is 4.47. The quantitative estimate of drug-likeness (QED) is 0.652. The first-order chi connectivity index (χ1) is 10.8. The number of hydrogen-bond acceptors (Lipinski definition) is 5. The number of aromatic nitrogens is 5. The summed E-state index contributed by atoms with van der Waals surface area (Å²) in [6.07, 6.45) is 6.00. The fourth-order valence-electron chi connectivity index (χ4n) is 2.77. The number of nitrogens with zero attached hydrogens (tertiary/aromatic N) is 5. The summed E-state index contributed by atoms with van der Waals surface area (Å²) in [5.74, 6) is 2.45. The number of aryl methyl sites for hydroxylation is 1. The van der Waals surface area contributed by atoms with E-state index in [9.17, 15) is 0 Å². The smallest absolute Gasteiger partial charge is 0.191 e. The lowest BCUT2D eigenvalue weighted by atomic mass is 9.97. The van der Waals surface area contributed by atoms with Crippen molar-refractivity contribution < 1.29 is 0 Å². The average Bonchev–Trinajstić information content (AvgIpc) is 3.13. The lowest BCUT2D eigenvalue weighted by Crippen LogP contribution is -2.28. The normalized spacial score (nSPS) is 16.0. The Balaban J connectivity index is 1.77. The summed E-state index contributed by atoms with van der Waals surface area (Å²) in [5, 5.41) is 17.5. The molecule has 0 aromatic carbocycles. The fourth-order valence-corrected chi connectivity index (χ4v) is 3.75. The van der Waals surface area contributed by atoms with Crippen molar-refractivity contribution in [3.05, 3.63) is 36.4 Å². The molecule has 0 radical (unpaired) electrons. The summed E-state index contributed by atoms with van der Waals surface area (Å²) < 4.78 is 4.11. The highest BCUT2D eigenvalue weighted by Gasteiger charge is 2.22. The maximum absolute atomic E-state index is 4.47. The van der Waals surface area contributed by atoms with Gasteiger partial charge in [-0.15, -0.1) is 16.8 Å². The van der Waals surface area contributed by atoms with Gasteiger partial charge >= 0.3 is 0 Å². The van der Waals surface area contributed by atoms with Crippen molar-refractivity contribution in [3.8, 4) is 0 Å². The van der Waals surface area contributed by atoms with Crippen LogP contribution in [-0.2, 0) is 19.3 Å². The van der Waals surface area contributed by atoms with Crippen LogP contribution in [0.3, 0.4) is 0 Å². The van der Waals surface area contributed by atoms with Crippen LogP contribution in [0, 0.1) is 0 Å². The van der Waals surface area contributed by atoms with E-state index in [2.05, 4.69) is 31.8 Å². The van der Waals surface area contributed by atoms with Crippen molar-refractivity contribution in [1.82, 2.24) is 29.9 Å². The third-order valence-corrected chi connectivity index (χ3v) is 5.03. The number of allylic oxidation sites excluding steroid dienone is 1. The molecule has 6 nitrogen and oxygen atoms in total. The molecule has 1 aliphatic heterocycles. The molecule has 3 rings (SSSR count). The van der Waals surface area contributed by atoms with E-state index in [-0.39, 0.29) is 0 Å². The molecule has 2 aromatic rings. The molecule has 1 aliphatic rings. The van der Waals surface area contributed by atoms with Crippen molar-refractivity contribution in [2.24, 2.45) is 7.05 Å². The van der Waals surface area contributed by atoms with Crippen molar-refractivity contribution in [1.29, 1.82) is 0 Å². The minimum absolute atomic E-state index is 0.500. The van der Waals surface area contributed by atoms with E-state index < -0.39 is 0 Å². The van der Waals surface area contributed by atoms with E-state index in [0.717, 1.165) is 49.2 Å². The molecule has 0 saturated carbocycles. The van der Waals surface area contributed by atoms with Gasteiger partial charge in [0.15, 0.2) is 5.16 Å². The molecule has 7 heteroatoms. The highest BCUT2D eigenvalue weighted by atomic mass is 32.2. The number of piperidine rings is 1. The molecule has 1 N–H and O–H groups in total. The molecule has 0 atom stereocenters. The van der Waals surface area contributed by atoms with Gasteiger partial charge in [-0.25, -0.2) is 0 Å². The molecule has 0 amide bonds. The highest BCUT2D eigenvalue weighted by molar-refractivity contribution is 7.98. The van der Waals surface area contributed by atoms with E-state index in [1.807, 2.05) is 30.1 Å².